The van der Waals surface area contributed by atoms with E-state index in [1.165, 1.54) is 12.1 Å². The van der Waals surface area contributed by atoms with E-state index < -0.39 is 5.97 Å². The first kappa shape index (κ1) is 15.5. The summed E-state index contributed by atoms with van der Waals surface area (Å²) in [5.41, 5.74) is 2.25. The van der Waals surface area contributed by atoms with E-state index >= 15 is 0 Å². The number of rotatable bonds is 5. The van der Waals surface area contributed by atoms with Crippen LogP contribution >= 0.6 is 0 Å². The van der Waals surface area contributed by atoms with Crippen molar-refractivity contribution in [3.63, 3.8) is 0 Å². The van der Waals surface area contributed by atoms with Gasteiger partial charge in [0.1, 0.15) is 0 Å². The molecule has 0 radical (unpaired) electrons. The molecule has 0 fully saturated rings. The summed E-state index contributed by atoms with van der Waals surface area (Å²) in [6.07, 6.45) is 5.28. The second-order valence-corrected chi connectivity index (χ2v) is 5.27. The van der Waals surface area contributed by atoms with Crippen molar-refractivity contribution in [1.82, 2.24) is 9.55 Å². The molecule has 1 amide bonds. The zero-order valence-corrected chi connectivity index (χ0v) is 12.7. The summed E-state index contributed by atoms with van der Waals surface area (Å²) in [6, 6.07) is 13.4. The van der Waals surface area contributed by atoms with Gasteiger partial charge in [-0.2, -0.15) is 0 Å². The number of nitrogens with one attached hydrogen (secondary N) is 1. The largest absolute Gasteiger partial charge is 0.478 e. The van der Waals surface area contributed by atoms with Gasteiger partial charge in [0.05, 0.1) is 11.9 Å². The first-order valence-electron chi connectivity index (χ1n) is 7.31. The predicted molar refractivity (Wildman–Crippen MR) is 89.1 cm³/mol. The van der Waals surface area contributed by atoms with Crippen LogP contribution in [0.4, 0.5) is 5.69 Å². The fraction of sp³-hybridized carbons (Fsp3) is 0.0556. The number of carboxylic acids is 1. The quantitative estimate of drug-likeness (QED) is 0.757. The van der Waals surface area contributed by atoms with Crippen LogP contribution in [-0.2, 0) is 6.54 Å². The van der Waals surface area contributed by atoms with E-state index in [1.807, 2.05) is 29.0 Å². The maximum absolute atomic E-state index is 12.3. The molecular formula is C18H15N3O3. The number of amides is 1. The highest BCUT2D eigenvalue weighted by molar-refractivity contribution is 6.04. The van der Waals surface area contributed by atoms with E-state index in [0.717, 1.165) is 5.56 Å². The van der Waals surface area contributed by atoms with Gasteiger partial charge in [0, 0.05) is 30.2 Å². The number of nitrogens with zero attached hydrogens (tertiary/aromatic N) is 2. The molecule has 3 aromatic rings. The number of anilines is 1. The van der Waals surface area contributed by atoms with Crippen molar-refractivity contribution in [3.05, 3.63) is 83.9 Å². The Bertz CT molecular complexity index is 855. The third kappa shape index (κ3) is 3.67. The third-order valence-electron chi connectivity index (χ3n) is 3.50. The lowest BCUT2D eigenvalue weighted by atomic mass is 10.1. The molecule has 0 unspecified atom stereocenters. The van der Waals surface area contributed by atoms with Crippen LogP contribution in [0.2, 0.25) is 0 Å². The molecular weight excluding hydrogens is 306 g/mol. The van der Waals surface area contributed by atoms with Gasteiger partial charge in [-0.3, -0.25) is 4.79 Å². The van der Waals surface area contributed by atoms with Gasteiger partial charge in [-0.05, 0) is 42.0 Å². The minimum atomic E-state index is -1.000. The van der Waals surface area contributed by atoms with Gasteiger partial charge in [-0.15, -0.1) is 0 Å². The molecule has 6 nitrogen and oxygen atoms in total. The van der Waals surface area contributed by atoms with Crippen LogP contribution < -0.4 is 5.32 Å². The number of carbonyl (C=O) groups is 2. The van der Waals surface area contributed by atoms with Gasteiger partial charge < -0.3 is 15.0 Å². The first-order valence-corrected chi connectivity index (χ1v) is 7.31. The molecule has 2 N–H and O–H groups in total. The summed E-state index contributed by atoms with van der Waals surface area (Å²) in [5, 5.41) is 11.6. The minimum absolute atomic E-state index is 0.176. The highest BCUT2D eigenvalue weighted by atomic mass is 16.4. The fourth-order valence-corrected chi connectivity index (χ4v) is 2.30. The summed E-state index contributed by atoms with van der Waals surface area (Å²) >= 11 is 0. The molecule has 3 rings (SSSR count). The number of carboxylic acid groups (broad SMARTS) is 1. The molecule has 120 valence electrons. The Morgan fingerprint density at radius 3 is 2.54 bits per heavy atom. The molecule has 2 aromatic carbocycles. The zero-order chi connectivity index (χ0) is 16.9. The summed E-state index contributed by atoms with van der Waals surface area (Å²) in [4.78, 5) is 27.2. The summed E-state index contributed by atoms with van der Waals surface area (Å²) in [5.74, 6) is -1.24. The van der Waals surface area contributed by atoms with Crippen LogP contribution in [-0.4, -0.2) is 26.5 Å². The second kappa shape index (κ2) is 6.78. The van der Waals surface area contributed by atoms with Crippen LogP contribution in [0.1, 0.15) is 26.3 Å². The van der Waals surface area contributed by atoms with Crippen molar-refractivity contribution in [3.8, 4) is 0 Å². The Balaban J connectivity index is 1.71. The van der Waals surface area contributed by atoms with Crippen LogP contribution in [0.3, 0.4) is 0 Å². The predicted octanol–water partition coefficient (Wildman–Crippen LogP) is 2.88. The number of benzene rings is 2. The summed E-state index contributed by atoms with van der Waals surface area (Å²) in [7, 11) is 0. The zero-order valence-electron chi connectivity index (χ0n) is 12.7. The minimum Gasteiger partial charge on any atom is -0.478 e. The highest BCUT2D eigenvalue weighted by Gasteiger charge is 2.08. The molecule has 1 aromatic heterocycles. The summed E-state index contributed by atoms with van der Waals surface area (Å²) in [6.45, 7) is 0.633. The van der Waals surface area contributed by atoms with E-state index in [9.17, 15) is 9.59 Å². The molecule has 0 atom stereocenters. The van der Waals surface area contributed by atoms with Crippen LogP contribution in [0.5, 0.6) is 0 Å². The van der Waals surface area contributed by atoms with E-state index in [2.05, 4.69) is 10.3 Å². The lowest BCUT2D eigenvalue weighted by Crippen LogP contribution is -2.12. The monoisotopic (exact) mass is 321 g/mol. The molecule has 0 bridgehead atoms. The van der Waals surface area contributed by atoms with Crippen molar-refractivity contribution in [2.24, 2.45) is 0 Å². The normalized spacial score (nSPS) is 10.3. The molecule has 0 aliphatic rings. The van der Waals surface area contributed by atoms with E-state index in [-0.39, 0.29) is 11.5 Å². The van der Waals surface area contributed by atoms with Gasteiger partial charge in [0.25, 0.3) is 5.91 Å². The van der Waals surface area contributed by atoms with Gasteiger partial charge in [-0.1, -0.05) is 12.1 Å². The van der Waals surface area contributed by atoms with Crippen molar-refractivity contribution in [1.29, 1.82) is 0 Å². The van der Waals surface area contributed by atoms with Gasteiger partial charge in [-0.25, -0.2) is 9.78 Å². The Morgan fingerprint density at radius 1 is 1.08 bits per heavy atom. The van der Waals surface area contributed by atoms with E-state index in [0.29, 0.717) is 17.8 Å². The lowest BCUT2D eigenvalue weighted by Gasteiger charge is -2.08. The second-order valence-electron chi connectivity index (χ2n) is 5.27. The molecule has 1 heterocycles. The Kier molecular flexibility index (Phi) is 4.38. The van der Waals surface area contributed by atoms with Crippen LogP contribution in [0.25, 0.3) is 0 Å². The maximum Gasteiger partial charge on any atom is 0.335 e. The SMILES string of the molecule is O=C(O)c1ccc(NC(=O)c2cccc(Cn3ccnc3)c2)cc1. The number of carbonyl (C=O) groups excluding carboxylic acids is 1. The van der Waals surface area contributed by atoms with Gasteiger partial charge >= 0.3 is 5.97 Å². The van der Waals surface area contributed by atoms with Crippen molar-refractivity contribution in [2.75, 3.05) is 5.32 Å². The molecule has 0 saturated carbocycles. The topological polar surface area (TPSA) is 84.2 Å². The summed E-state index contributed by atoms with van der Waals surface area (Å²) < 4.78 is 1.92. The first-order chi connectivity index (χ1) is 11.6. The molecule has 24 heavy (non-hydrogen) atoms. The maximum atomic E-state index is 12.3. The highest BCUT2D eigenvalue weighted by Crippen LogP contribution is 2.13. The molecule has 6 heteroatoms. The Morgan fingerprint density at radius 2 is 1.88 bits per heavy atom. The smallest absolute Gasteiger partial charge is 0.335 e. The standard InChI is InChI=1S/C18H15N3O3/c22-17(20-16-6-4-14(5-7-16)18(23)24)15-3-1-2-13(10-15)11-21-9-8-19-12-21/h1-10,12H,11H2,(H,20,22)(H,23,24). The lowest BCUT2D eigenvalue weighted by molar-refractivity contribution is 0.0696. The third-order valence-corrected chi connectivity index (χ3v) is 3.50. The van der Waals surface area contributed by atoms with Crippen molar-refractivity contribution < 1.29 is 14.7 Å². The molecule has 0 spiro atoms. The number of imidazole rings is 1. The van der Waals surface area contributed by atoms with Crippen LogP contribution in [0, 0.1) is 0 Å². The Hall–Kier alpha value is -3.41. The van der Waals surface area contributed by atoms with Crippen LogP contribution in [0.15, 0.2) is 67.3 Å². The number of hydrogen-bond acceptors (Lipinski definition) is 3. The molecule has 0 saturated heterocycles. The molecule has 0 aliphatic heterocycles. The van der Waals surface area contributed by atoms with Gasteiger partial charge in [0.2, 0.25) is 0 Å². The number of aromatic nitrogens is 2. The number of aromatic carboxylic acids is 1. The van der Waals surface area contributed by atoms with E-state index in [1.54, 1.807) is 30.7 Å². The molecule has 0 aliphatic carbocycles. The average molecular weight is 321 g/mol. The average Bonchev–Trinajstić information content (AvgIpc) is 3.08. The number of hydrogen-bond donors (Lipinski definition) is 2. The van der Waals surface area contributed by atoms with Gasteiger partial charge in [0.15, 0.2) is 0 Å². The van der Waals surface area contributed by atoms with E-state index in [4.69, 9.17) is 5.11 Å². The van der Waals surface area contributed by atoms with Crippen molar-refractivity contribution >= 4 is 17.6 Å². The van der Waals surface area contributed by atoms with Crippen molar-refractivity contribution in [2.45, 2.75) is 6.54 Å². The fourth-order valence-electron chi connectivity index (χ4n) is 2.30. The Labute approximate surface area is 138 Å².